The van der Waals surface area contributed by atoms with Gasteiger partial charge in [0.15, 0.2) is 6.29 Å². The molecule has 0 aromatic carbocycles. The van der Waals surface area contributed by atoms with E-state index in [4.69, 9.17) is 4.74 Å². The van der Waals surface area contributed by atoms with Crippen LogP contribution in [0.1, 0.15) is 60.1 Å². The van der Waals surface area contributed by atoms with Gasteiger partial charge in [0.05, 0.1) is 19.3 Å². The maximum absolute atomic E-state index is 12.0. The molecular weight excluding hydrogens is 320 g/mol. The number of amides is 1. The molecule has 1 aromatic heterocycles. The standard InChI is InChI=1S/C18H32N4O3/c1-7-9-21(16(24)8-2)10-15-11-22(20-19-15)12-17(3,4)14-25-18(5,6)13-23/h11,13H,7-10,12,14H2,1-6H3. The molecule has 0 unspecified atom stereocenters. The first-order valence-electron chi connectivity index (χ1n) is 8.89. The average molecular weight is 352 g/mol. The molecule has 7 heteroatoms. The third-order valence-electron chi connectivity index (χ3n) is 3.80. The van der Waals surface area contributed by atoms with E-state index in [-0.39, 0.29) is 11.3 Å². The van der Waals surface area contributed by atoms with Gasteiger partial charge in [-0.15, -0.1) is 5.10 Å². The van der Waals surface area contributed by atoms with Gasteiger partial charge >= 0.3 is 0 Å². The molecule has 0 saturated carbocycles. The normalized spacial score (nSPS) is 12.2. The fourth-order valence-corrected chi connectivity index (χ4v) is 2.37. The summed E-state index contributed by atoms with van der Waals surface area (Å²) in [5, 5.41) is 8.35. The summed E-state index contributed by atoms with van der Waals surface area (Å²) in [5.41, 5.74) is -0.209. The summed E-state index contributed by atoms with van der Waals surface area (Å²) in [6.45, 7) is 13.8. The minimum absolute atomic E-state index is 0.126. The Morgan fingerprint density at radius 3 is 2.56 bits per heavy atom. The largest absolute Gasteiger partial charge is 0.367 e. The van der Waals surface area contributed by atoms with Crippen molar-refractivity contribution < 1.29 is 14.3 Å². The van der Waals surface area contributed by atoms with Crippen LogP contribution in [0.2, 0.25) is 0 Å². The molecule has 0 radical (unpaired) electrons. The zero-order chi connectivity index (χ0) is 19.1. The summed E-state index contributed by atoms with van der Waals surface area (Å²) in [6.07, 6.45) is 4.09. The first-order valence-corrected chi connectivity index (χ1v) is 8.89. The maximum Gasteiger partial charge on any atom is 0.222 e. The van der Waals surface area contributed by atoms with Gasteiger partial charge in [-0.3, -0.25) is 9.48 Å². The summed E-state index contributed by atoms with van der Waals surface area (Å²) in [6, 6.07) is 0. The van der Waals surface area contributed by atoms with Crippen molar-refractivity contribution in [2.45, 2.75) is 73.1 Å². The Morgan fingerprint density at radius 2 is 2.00 bits per heavy atom. The van der Waals surface area contributed by atoms with E-state index in [0.717, 1.165) is 24.9 Å². The summed E-state index contributed by atoms with van der Waals surface area (Å²) in [7, 11) is 0. The molecule has 7 nitrogen and oxygen atoms in total. The number of hydrogen-bond acceptors (Lipinski definition) is 5. The van der Waals surface area contributed by atoms with E-state index in [9.17, 15) is 9.59 Å². The van der Waals surface area contributed by atoms with Gasteiger partial charge in [0.1, 0.15) is 11.3 Å². The number of aldehydes is 1. The highest BCUT2D eigenvalue weighted by Gasteiger charge is 2.25. The van der Waals surface area contributed by atoms with Crippen molar-refractivity contribution in [3.05, 3.63) is 11.9 Å². The van der Waals surface area contributed by atoms with E-state index in [1.807, 2.05) is 18.0 Å². The number of carbonyl (C=O) groups excluding carboxylic acids is 2. The average Bonchev–Trinajstić information content (AvgIpc) is 2.98. The van der Waals surface area contributed by atoms with Gasteiger partial charge in [0.25, 0.3) is 0 Å². The highest BCUT2D eigenvalue weighted by atomic mass is 16.5. The fraction of sp³-hybridized carbons (Fsp3) is 0.778. The lowest BCUT2D eigenvalue weighted by Crippen LogP contribution is -2.34. The molecule has 0 bridgehead atoms. The van der Waals surface area contributed by atoms with Gasteiger partial charge in [0.2, 0.25) is 5.91 Å². The molecule has 0 fully saturated rings. The van der Waals surface area contributed by atoms with Crippen LogP contribution in [-0.2, 0) is 27.4 Å². The minimum atomic E-state index is -0.786. The third-order valence-corrected chi connectivity index (χ3v) is 3.80. The molecule has 142 valence electrons. The summed E-state index contributed by atoms with van der Waals surface area (Å²) >= 11 is 0. The van der Waals surface area contributed by atoms with Gasteiger partial charge < -0.3 is 14.4 Å². The highest BCUT2D eigenvalue weighted by Crippen LogP contribution is 2.21. The fourth-order valence-electron chi connectivity index (χ4n) is 2.37. The number of hydrogen-bond donors (Lipinski definition) is 0. The molecule has 0 spiro atoms. The van der Waals surface area contributed by atoms with Crippen molar-refractivity contribution in [3.8, 4) is 0 Å². The maximum atomic E-state index is 12.0. The summed E-state index contributed by atoms with van der Waals surface area (Å²) in [5.74, 6) is 0.126. The van der Waals surface area contributed by atoms with E-state index in [1.54, 1.807) is 18.5 Å². The molecule has 1 rings (SSSR count). The molecule has 0 aliphatic carbocycles. The molecule has 1 heterocycles. The van der Waals surface area contributed by atoms with Crippen molar-refractivity contribution in [3.63, 3.8) is 0 Å². The monoisotopic (exact) mass is 352 g/mol. The number of aromatic nitrogens is 3. The summed E-state index contributed by atoms with van der Waals surface area (Å²) in [4.78, 5) is 24.7. The predicted octanol–water partition coefficient (Wildman–Crippen LogP) is 2.45. The number of rotatable bonds is 11. The minimum Gasteiger partial charge on any atom is -0.367 e. The van der Waals surface area contributed by atoms with Gasteiger partial charge in [-0.1, -0.05) is 32.9 Å². The van der Waals surface area contributed by atoms with Crippen molar-refractivity contribution in [1.29, 1.82) is 0 Å². The number of nitrogens with zero attached hydrogens (tertiary/aromatic N) is 4. The molecule has 1 amide bonds. The molecular formula is C18H32N4O3. The van der Waals surface area contributed by atoms with E-state index in [2.05, 4.69) is 31.1 Å². The van der Waals surface area contributed by atoms with Gasteiger partial charge in [-0.25, -0.2) is 0 Å². The van der Waals surface area contributed by atoms with Crippen molar-refractivity contribution in [1.82, 2.24) is 19.9 Å². The van der Waals surface area contributed by atoms with Gasteiger partial charge in [-0.05, 0) is 20.3 Å². The quantitative estimate of drug-likeness (QED) is 0.572. The molecule has 0 aliphatic rings. The Bertz CT molecular complexity index is 566. The van der Waals surface area contributed by atoms with Crippen LogP contribution >= 0.6 is 0 Å². The molecule has 0 N–H and O–H groups in total. The Hall–Kier alpha value is -1.76. The van der Waals surface area contributed by atoms with Crippen LogP contribution in [0.25, 0.3) is 0 Å². The number of carbonyl (C=O) groups is 2. The Labute approximate surface area is 150 Å². The van der Waals surface area contributed by atoms with E-state index in [0.29, 0.717) is 26.1 Å². The molecule has 0 saturated heterocycles. The van der Waals surface area contributed by atoms with E-state index >= 15 is 0 Å². The van der Waals surface area contributed by atoms with Crippen LogP contribution in [-0.4, -0.2) is 50.8 Å². The lowest BCUT2D eigenvalue weighted by atomic mass is 9.94. The van der Waals surface area contributed by atoms with Gasteiger partial charge in [0, 0.05) is 24.9 Å². The topological polar surface area (TPSA) is 77.3 Å². The van der Waals surface area contributed by atoms with E-state index < -0.39 is 5.60 Å². The summed E-state index contributed by atoms with van der Waals surface area (Å²) < 4.78 is 7.45. The molecule has 25 heavy (non-hydrogen) atoms. The zero-order valence-corrected chi connectivity index (χ0v) is 16.4. The van der Waals surface area contributed by atoms with Gasteiger partial charge in [-0.2, -0.15) is 0 Å². The Balaban J connectivity index is 2.67. The molecule has 0 atom stereocenters. The third kappa shape index (κ3) is 7.34. The van der Waals surface area contributed by atoms with Crippen LogP contribution in [0.3, 0.4) is 0 Å². The van der Waals surface area contributed by atoms with Crippen molar-refractivity contribution in [2.24, 2.45) is 5.41 Å². The SMILES string of the molecule is CCCN(Cc1cn(CC(C)(C)COC(C)(C)C=O)nn1)C(=O)CC. The van der Waals surface area contributed by atoms with Crippen LogP contribution in [0.15, 0.2) is 6.20 Å². The number of ether oxygens (including phenoxy) is 1. The second-order valence-electron chi connectivity index (χ2n) is 7.75. The van der Waals surface area contributed by atoms with Crippen LogP contribution in [0.5, 0.6) is 0 Å². The highest BCUT2D eigenvalue weighted by molar-refractivity contribution is 5.75. The lowest BCUT2D eigenvalue weighted by molar-refractivity contribution is -0.132. The molecule has 1 aromatic rings. The van der Waals surface area contributed by atoms with Crippen molar-refractivity contribution >= 4 is 12.2 Å². The smallest absolute Gasteiger partial charge is 0.222 e. The van der Waals surface area contributed by atoms with E-state index in [1.165, 1.54) is 0 Å². The van der Waals surface area contributed by atoms with Crippen LogP contribution in [0, 0.1) is 5.41 Å². The van der Waals surface area contributed by atoms with Crippen LogP contribution < -0.4 is 0 Å². The lowest BCUT2D eigenvalue weighted by Gasteiger charge is -2.28. The second kappa shape index (κ2) is 9.08. The molecule has 0 aliphatic heterocycles. The predicted molar refractivity (Wildman–Crippen MR) is 95.9 cm³/mol. The first kappa shape index (κ1) is 21.3. The zero-order valence-electron chi connectivity index (χ0n) is 16.4. The second-order valence-corrected chi connectivity index (χ2v) is 7.75. The first-order chi connectivity index (χ1) is 11.6. The Morgan fingerprint density at radius 1 is 1.32 bits per heavy atom. The Kier molecular flexibility index (Phi) is 7.73. The van der Waals surface area contributed by atoms with Crippen molar-refractivity contribution in [2.75, 3.05) is 13.2 Å². The van der Waals surface area contributed by atoms with Crippen LogP contribution in [0.4, 0.5) is 0 Å².